The highest BCUT2D eigenvalue weighted by Crippen LogP contribution is 2.32. The molecule has 0 radical (unpaired) electrons. The van der Waals surface area contributed by atoms with Crippen molar-refractivity contribution in [2.24, 2.45) is 11.8 Å². The van der Waals surface area contributed by atoms with E-state index in [1.54, 1.807) is 6.92 Å². The second-order valence-electron chi connectivity index (χ2n) is 8.16. The summed E-state index contributed by atoms with van der Waals surface area (Å²) in [4.78, 5) is 50.1. The van der Waals surface area contributed by atoms with Gasteiger partial charge in [-0.15, -0.1) is 0 Å². The van der Waals surface area contributed by atoms with Crippen molar-refractivity contribution < 1.29 is 33.9 Å². The van der Waals surface area contributed by atoms with Gasteiger partial charge >= 0.3 is 6.09 Å². The molecule has 170 valence electrons. The first kappa shape index (κ1) is 24.1. The average Bonchev–Trinajstić information content (AvgIpc) is 3.38. The topological polar surface area (TPSA) is 125 Å². The summed E-state index contributed by atoms with van der Waals surface area (Å²) in [6.45, 7) is 2.12. The molecule has 0 aromatic heterocycles. The number of methoxy groups -OCH3 is 1. The summed E-state index contributed by atoms with van der Waals surface area (Å²) < 4.78 is 9.93. The third kappa shape index (κ3) is 6.94. The lowest BCUT2D eigenvalue weighted by atomic mass is 9.91. The van der Waals surface area contributed by atoms with Crippen molar-refractivity contribution in [1.29, 1.82) is 0 Å². The van der Waals surface area contributed by atoms with Gasteiger partial charge in [-0.3, -0.25) is 24.9 Å². The number of nitrogens with zero attached hydrogens (tertiary/aromatic N) is 2. The molecule has 0 spiro atoms. The van der Waals surface area contributed by atoms with E-state index in [2.05, 4.69) is 5.32 Å². The monoisotopic (exact) mass is 427 g/mol. The molecule has 0 aromatic carbocycles. The first-order valence-electron chi connectivity index (χ1n) is 10.6. The molecule has 4 amide bonds. The van der Waals surface area contributed by atoms with Crippen molar-refractivity contribution >= 4 is 24.3 Å². The molecule has 3 atom stereocenters. The standard InChI is InChI=1S/C20H33N3O7/c1-14(12-29-2)30-20(27)21-18(25)17-8-5-9-23(17)19(26)16(11-22(28)13-24)10-15-6-3-4-7-15/h13-17,28H,3-12H2,1-2H3,(H,21,25,27)/t14-,16-,17+/m1/s1. The predicted molar refractivity (Wildman–Crippen MR) is 105 cm³/mol. The Morgan fingerprint density at radius 1 is 1.23 bits per heavy atom. The summed E-state index contributed by atoms with van der Waals surface area (Å²) >= 11 is 0. The lowest BCUT2D eigenvalue weighted by Crippen LogP contribution is -2.51. The van der Waals surface area contributed by atoms with Gasteiger partial charge in [0.25, 0.3) is 5.91 Å². The van der Waals surface area contributed by atoms with Crippen LogP contribution in [0.3, 0.4) is 0 Å². The lowest BCUT2D eigenvalue weighted by molar-refractivity contribution is -0.158. The molecule has 2 N–H and O–H groups in total. The number of alkyl carbamates (subject to hydrolysis) is 1. The number of rotatable bonds is 10. The molecule has 1 saturated carbocycles. The molecule has 0 bridgehead atoms. The van der Waals surface area contributed by atoms with Crippen LogP contribution in [0.1, 0.15) is 51.9 Å². The van der Waals surface area contributed by atoms with Crippen LogP contribution in [0.25, 0.3) is 0 Å². The Kier molecular flexibility index (Phi) is 9.51. The minimum absolute atomic E-state index is 0.111. The van der Waals surface area contributed by atoms with Crippen LogP contribution in [-0.2, 0) is 23.9 Å². The molecule has 0 aromatic rings. The number of carbonyl (C=O) groups is 4. The predicted octanol–water partition coefficient (Wildman–Crippen LogP) is 1.31. The van der Waals surface area contributed by atoms with Gasteiger partial charge in [-0.1, -0.05) is 25.7 Å². The van der Waals surface area contributed by atoms with Crippen molar-refractivity contribution in [2.75, 3.05) is 26.8 Å². The average molecular weight is 427 g/mol. The van der Waals surface area contributed by atoms with Gasteiger partial charge in [0.2, 0.25) is 12.3 Å². The van der Waals surface area contributed by atoms with Crippen molar-refractivity contribution in [3.8, 4) is 0 Å². The van der Waals surface area contributed by atoms with Crippen LogP contribution in [0.4, 0.5) is 4.79 Å². The molecule has 1 heterocycles. The van der Waals surface area contributed by atoms with E-state index in [0.717, 1.165) is 25.7 Å². The zero-order valence-corrected chi connectivity index (χ0v) is 17.7. The zero-order valence-electron chi connectivity index (χ0n) is 17.7. The summed E-state index contributed by atoms with van der Waals surface area (Å²) in [5.41, 5.74) is 0. The quantitative estimate of drug-likeness (QED) is 0.306. The van der Waals surface area contributed by atoms with E-state index in [1.807, 2.05) is 0 Å². The normalized spacial score (nSPS) is 21.2. The van der Waals surface area contributed by atoms with Gasteiger partial charge in [0.1, 0.15) is 12.1 Å². The molecule has 1 saturated heterocycles. The van der Waals surface area contributed by atoms with Gasteiger partial charge in [0.05, 0.1) is 19.1 Å². The van der Waals surface area contributed by atoms with Gasteiger partial charge in [0, 0.05) is 13.7 Å². The molecular weight excluding hydrogens is 394 g/mol. The van der Waals surface area contributed by atoms with Crippen LogP contribution in [-0.4, -0.2) is 78.4 Å². The largest absolute Gasteiger partial charge is 0.444 e. The van der Waals surface area contributed by atoms with E-state index in [-0.39, 0.29) is 25.5 Å². The van der Waals surface area contributed by atoms with E-state index in [0.29, 0.717) is 36.8 Å². The SMILES string of the molecule is COC[C@@H](C)OC(=O)NC(=O)[C@@H]1CCCN1C(=O)[C@H](CC1CCCC1)CN(O)C=O. The highest BCUT2D eigenvalue weighted by molar-refractivity contribution is 5.97. The molecule has 0 unspecified atom stereocenters. The molecule has 30 heavy (non-hydrogen) atoms. The third-order valence-electron chi connectivity index (χ3n) is 5.74. The summed E-state index contributed by atoms with van der Waals surface area (Å²) in [7, 11) is 1.48. The Morgan fingerprint density at radius 3 is 2.57 bits per heavy atom. The Hall–Kier alpha value is -2.20. The number of hydrogen-bond donors (Lipinski definition) is 2. The smallest absolute Gasteiger partial charge is 0.414 e. The lowest BCUT2D eigenvalue weighted by Gasteiger charge is -2.30. The van der Waals surface area contributed by atoms with E-state index in [4.69, 9.17) is 9.47 Å². The van der Waals surface area contributed by atoms with Gasteiger partial charge in [0.15, 0.2) is 0 Å². The number of likely N-dealkylation sites (tertiary alicyclic amines) is 1. The zero-order chi connectivity index (χ0) is 22.1. The van der Waals surface area contributed by atoms with Crippen molar-refractivity contribution in [2.45, 2.75) is 64.0 Å². The summed E-state index contributed by atoms with van der Waals surface area (Å²) in [6.07, 6.45) is 4.77. The number of amides is 4. The van der Waals surface area contributed by atoms with E-state index in [9.17, 15) is 24.4 Å². The van der Waals surface area contributed by atoms with Crippen LogP contribution in [0, 0.1) is 11.8 Å². The number of hydrogen-bond acceptors (Lipinski definition) is 7. The van der Waals surface area contributed by atoms with Gasteiger partial charge in [-0.2, -0.15) is 0 Å². The molecule has 1 aliphatic heterocycles. The number of imide groups is 1. The second kappa shape index (κ2) is 11.8. The Bertz CT molecular complexity index is 609. The Morgan fingerprint density at radius 2 is 1.93 bits per heavy atom. The van der Waals surface area contributed by atoms with Gasteiger partial charge in [-0.25, -0.2) is 9.86 Å². The molecule has 2 rings (SSSR count). The third-order valence-corrected chi connectivity index (χ3v) is 5.74. The maximum absolute atomic E-state index is 13.2. The Balaban J connectivity index is 2.00. The fourth-order valence-electron chi connectivity index (χ4n) is 4.37. The number of carbonyl (C=O) groups excluding carboxylic acids is 4. The van der Waals surface area contributed by atoms with E-state index < -0.39 is 30.1 Å². The summed E-state index contributed by atoms with van der Waals surface area (Å²) in [5.74, 6) is -1.09. The maximum Gasteiger partial charge on any atom is 0.414 e. The fourth-order valence-corrected chi connectivity index (χ4v) is 4.37. The van der Waals surface area contributed by atoms with Crippen LogP contribution in [0.2, 0.25) is 0 Å². The van der Waals surface area contributed by atoms with Crippen LogP contribution in [0.5, 0.6) is 0 Å². The molecule has 2 fully saturated rings. The number of nitrogens with one attached hydrogen (secondary N) is 1. The fraction of sp³-hybridized carbons (Fsp3) is 0.800. The van der Waals surface area contributed by atoms with Crippen molar-refractivity contribution in [3.05, 3.63) is 0 Å². The van der Waals surface area contributed by atoms with Gasteiger partial charge < -0.3 is 14.4 Å². The van der Waals surface area contributed by atoms with E-state index in [1.165, 1.54) is 12.0 Å². The summed E-state index contributed by atoms with van der Waals surface area (Å²) in [6, 6.07) is -0.780. The molecule has 1 aliphatic carbocycles. The first-order valence-corrected chi connectivity index (χ1v) is 10.6. The molecular formula is C20H33N3O7. The second-order valence-corrected chi connectivity index (χ2v) is 8.16. The Labute approximate surface area is 176 Å². The number of hydroxylamine groups is 2. The molecule has 10 nitrogen and oxygen atoms in total. The van der Waals surface area contributed by atoms with Crippen LogP contribution in [0.15, 0.2) is 0 Å². The minimum atomic E-state index is -0.881. The molecule has 10 heteroatoms. The minimum Gasteiger partial charge on any atom is -0.444 e. The highest BCUT2D eigenvalue weighted by atomic mass is 16.6. The first-order chi connectivity index (χ1) is 14.3. The highest BCUT2D eigenvalue weighted by Gasteiger charge is 2.39. The summed E-state index contributed by atoms with van der Waals surface area (Å²) in [5, 5.41) is 12.3. The van der Waals surface area contributed by atoms with Crippen molar-refractivity contribution in [1.82, 2.24) is 15.3 Å². The molecule has 2 aliphatic rings. The maximum atomic E-state index is 13.2. The van der Waals surface area contributed by atoms with Crippen LogP contribution >= 0.6 is 0 Å². The number of ether oxygens (including phenoxy) is 2. The van der Waals surface area contributed by atoms with Crippen LogP contribution < -0.4 is 5.32 Å². The van der Waals surface area contributed by atoms with Gasteiger partial charge in [-0.05, 0) is 32.1 Å². The van der Waals surface area contributed by atoms with Crippen molar-refractivity contribution in [3.63, 3.8) is 0 Å². The van der Waals surface area contributed by atoms with E-state index >= 15 is 0 Å².